The van der Waals surface area contributed by atoms with Crippen LogP contribution < -0.4 is 0 Å². The van der Waals surface area contributed by atoms with Gasteiger partial charge in [-0.25, -0.2) is 0 Å². The van der Waals surface area contributed by atoms with Gasteiger partial charge in [-0.05, 0) is 18.4 Å². The number of nitrogens with zero attached hydrogens (tertiary/aromatic N) is 1. The molecule has 0 amide bonds. The number of benzene rings is 1. The molecule has 0 aliphatic carbocycles. The van der Waals surface area contributed by atoms with Crippen molar-refractivity contribution < 1.29 is 9.84 Å². The Morgan fingerprint density at radius 1 is 1.39 bits per heavy atom. The van der Waals surface area contributed by atoms with Gasteiger partial charge >= 0.3 is 0 Å². The van der Waals surface area contributed by atoms with E-state index in [0.29, 0.717) is 6.04 Å². The smallest absolute Gasteiger partial charge is 0.0802 e. The number of hydrogen-bond donors (Lipinski definition) is 1. The molecule has 3 heteroatoms. The maximum Gasteiger partial charge on any atom is 0.0802 e. The Labute approximate surface area is 109 Å². The molecule has 1 aromatic rings. The van der Waals surface area contributed by atoms with E-state index in [-0.39, 0.29) is 6.10 Å². The normalized spacial score (nSPS) is 22.9. The van der Waals surface area contributed by atoms with Crippen LogP contribution in [0.25, 0.3) is 0 Å². The first-order chi connectivity index (χ1) is 8.81. The van der Waals surface area contributed by atoms with Crippen LogP contribution in [0.5, 0.6) is 0 Å². The average Bonchev–Trinajstić information content (AvgIpc) is 2.46. The van der Waals surface area contributed by atoms with Crippen LogP contribution in [0.1, 0.15) is 31.4 Å². The molecule has 2 rings (SSSR count). The Kier molecular flexibility index (Phi) is 5.17. The Hall–Kier alpha value is -0.900. The molecule has 1 aromatic carbocycles. The van der Waals surface area contributed by atoms with E-state index in [4.69, 9.17) is 4.74 Å². The highest BCUT2D eigenvalue weighted by atomic mass is 16.5. The first-order valence-electron chi connectivity index (χ1n) is 6.86. The molecule has 1 aliphatic rings. The monoisotopic (exact) mass is 249 g/mol. The van der Waals surface area contributed by atoms with E-state index in [0.717, 1.165) is 44.7 Å². The Balaban J connectivity index is 1.83. The molecule has 1 N–H and O–H groups in total. The lowest BCUT2D eigenvalue weighted by Crippen LogP contribution is -2.45. The highest BCUT2D eigenvalue weighted by molar-refractivity contribution is 5.17. The van der Waals surface area contributed by atoms with Crippen LogP contribution in [0.15, 0.2) is 30.3 Å². The maximum absolute atomic E-state index is 10.2. The quantitative estimate of drug-likeness (QED) is 0.868. The van der Waals surface area contributed by atoms with E-state index >= 15 is 0 Å². The maximum atomic E-state index is 10.2. The van der Waals surface area contributed by atoms with Crippen LogP contribution >= 0.6 is 0 Å². The van der Waals surface area contributed by atoms with Crippen LogP contribution in [-0.4, -0.2) is 42.4 Å². The van der Waals surface area contributed by atoms with Crippen molar-refractivity contribution >= 4 is 0 Å². The van der Waals surface area contributed by atoms with Crippen LogP contribution in [0.4, 0.5) is 0 Å². The first kappa shape index (κ1) is 13.5. The fourth-order valence-electron chi connectivity index (χ4n) is 2.49. The molecule has 0 saturated carbocycles. The minimum absolute atomic E-state index is 0.355. The zero-order valence-electron chi connectivity index (χ0n) is 11.1. The third-order valence-electron chi connectivity index (χ3n) is 3.69. The van der Waals surface area contributed by atoms with Gasteiger partial charge in [0.05, 0.1) is 19.3 Å². The van der Waals surface area contributed by atoms with Gasteiger partial charge in [0.2, 0.25) is 0 Å². The van der Waals surface area contributed by atoms with E-state index in [2.05, 4.69) is 11.8 Å². The predicted molar refractivity (Wildman–Crippen MR) is 72.5 cm³/mol. The van der Waals surface area contributed by atoms with Gasteiger partial charge in [-0.2, -0.15) is 0 Å². The molecule has 2 unspecified atom stereocenters. The minimum atomic E-state index is -0.355. The fraction of sp³-hybridized carbons (Fsp3) is 0.600. The summed E-state index contributed by atoms with van der Waals surface area (Å²) in [5.41, 5.74) is 1.01. The average molecular weight is 249 g/mol. The second-order valence-corrected chi connectivity index (χ2v) is 4.89. The van der Waals surface area contributed by atoms with E-state index in [1.165, 1.54) is 0 Å². The summed E-state index contributed by atoms with van der Waals surface area (Å²) in [5.74, 6) is 0. The Bertz CT molecular complexity index is 342. The molecule has 1 aliphatic heterocycles. The number of hydrogen-bond acceptors (Lipinski definition) is 3. The third-order valence-corrected chi connectivity index (χ3v) is 3.69. The highest BCUT2D eigenvalue weighted by Gasteiger charge is 2.21. The van der Waals surface area contributed by atoms with Crippen molar-refractivity contribution in [1.82, 2.24) is 4.90 Å². The van der Waals surface area contributed by atoms with Crippen LogP contribution in [0, 0.1) is 0 Å². The number of rotatable bonds is 5. The Morgan fingerprint density at radius 2 is 2.17 bits per heavy atom. The van der Waals surface area contributed by atoms with Crippen molar-refractivity contribution in [3.05, 3.63) is 35.9 Å². The topological polar surface area (TPSA) is 32.7 Å². The molecule has 1 heterocycles. The summed E-state index contributed by atoms with van der Waals surface area (Å²) in [6.07, 6.45) is 1.55. The van der Waals surface area contributed by atoms with Gasteiger partial charge in [0.25, 0.3) is 0 Å². The molecule has 1 saturated heterocycles. The molecule has 0 radical (unpaired) electrons. The van der Waals surface area contributed by atoms with Gasteiger partial charge in [-0.1, -0.05) is 37.3 Å². The molecule has 3 nitrogen and oxygen atoms in total. The lowest BCUT2D eigenvalue weighted by atomic mass is 10.1. The van der Waals surface area contributed by atoms with Crippen molar-refractivity contribution in [3.8, 4) is 0 Å². The molecule has 18 heavy (non-hydrogen) atoms. The molecule has 0 bridgehead atoms. The second kappa shape index (κ2) is 6.88. The fourth-order valence-corrected chi connectivity index (χ4v) is 2.49. The van der Waals surface area contributed by atoms with Gasteiger partial charge in [-0.3, -0.25) is 4.90 Å². The van der Waals surface area contributed by atoms with Crippen molar-refractivity contribution in [2.75, 3.05) is 26.3 Å². The summed E-state index contributed by atoms with van der Waals surface area (Å²) < 4.78 is 5.49. The first-order valence-corrected chi connectivity index (χ1v) is 6.86. The summed E-state index contributed by atoms with van der Waals surface area (Å²) in [6.45, 7) is 5.77. The lowest BCUT2D eigenvalue weighted by molar-refractivity contribution is -0.0143. The van der Waals surface area contributed by atoms with Gasteiger partial charge in [0, 0.05) is 19.1 Å². The van der Waals surface area contributed by atoms with Crippen molar-refractivity contribution in [3.63, 3.8) is 0 Å². The van der Waals surface area contributed by atoms with E-state index in [1.54, 1.807) is 0 Å². The number of ether oxygens (including phenoxy) is 1. The second-order valence-electron chi connectivity index (χ2n) is 4.89. The van der Waals surface area contributed by atoms with Crippen molar-refractivity contribution in [1.29, 1.82) is 0 Å². The third kappa shape index (κ3) is 3.55. The van der Waals surface area contributed by atoms with Crippen molar-refractivity contribution in [2.24, 2.45) is 0 Å². The summed E-state index contributed by atoms with van der Waals surface area (Å²) in [4.78, 5) is 2.44. The lowest BCUT2D eigenvalue weighted by Gasteiger charge is -2.35. The van der Waals surface area contributed by atoms with E-state index < -0.39 is 0 Å². The zero-order valence-corrected chi connectivity index (χ0v) is 11.1. The minimum Gasteiger partial charge on any atom is -0.388 e. The zero-order chi connectivity index (χ0) is 12.8. The predicted octanol–water partition coefficient (Wildman–Crippen LogP) is 2.22. The molecule has 1 fully saturated rings. The van der Waals surface area contributed by atoms with E-state index in [1.807, 2.05) is 30.3 Å². The SMILES string of the molecule is CCC1COCCN1CCC(O)c1ccccc1. The molecule has 0 aromatic heterocycles. The van der Waals surface area contributed by atoms with Gasteiger partial charge in [0.15, 0.2) is 0 Å². The number of morpholine rings is 1. The summed E-state index contributed by atoms with van der Waals surface area (Å²) in [5, 5.41) is 10.2. The number of aliphatic hydroxyl groups excluding tert-OH is 1. The van der Waals surface area contributed by atoms with Crippen molar-refractivity contribution in [2.45, 2.75) is 31.9 Å². The highest BCUT2D eigenvalue weighted by Crippen LogP contribution is 2.18. The van der Waals surface area contributed by atoms with Gasteiger partial charge < -0.3 is 9.84 Å². The van der Waals surface area contributed by atoms with E-state index in [9.17, 15) is 5.11 Å². The molecule has 2 atom stereocenters. The van der Waals surface area contributed by atoms with Crippen LogP contribution in [-0.2, 0) is 4.74 Å². The largest absolute Gasteiger partial charge is 0.388 e. The molecular formula is C15H23NO2. The summed E-state index contributed by atoms with van der Waals surface area (Å²) in [6, 6.07) is 10.4. The summed E-state index contributed by atoms with van der Waals surface area (Å²) in [7, 11) is 0. The molecule has 100 valence electrons. The van der Waals surface area contributed by atoms with Crippen LogP contribution in [0.3, 0.4) is 0 Å². The standard InChI is InChI=1S/C15H23NO2/c1-2-14-12-18-11-10-16(14)9-8-15(17)13-6-4-3-5-7-13/h3-7,14-15,17H,2,8-12H2,1H3. The molecule has 0 spiro atoms. The number of aliphatic hydroxyl groups is 1. The van der Waals surface area contributed by atoms with Crippen LogP contribution in [0.2, 0.25) is 0 Å². The van der Waals surface area contributed by atoms with Gasteiger partial charge in [-0.15, -0.1) is 0 Å². The Morgan fingerprint density at radius 3 is 2.89 bits per heavy atom. The van der Waals surface area contributed by atoms with Gasteiger partial charge in [0.1, 0.15) is 0 Å². The molecular weight excluding hydrogens is 226 g/mol. The summed E-state index contributed by atoms with van der Waals surface area (Å²) >= 11 is 0.